The van der Waals surface area contributed by atoms with Crippen LogP contribution in [0.3, 0.4) is 0 Å². The molecule has 5 heteroatoms. The summed E-state index contributed by atoms with van der Waals surface area (Å²) < 4.78 is 1.72. The maximum atomic E-state index is 6.25. The predicted octanol–water partition coefficient (Wildman–Crippen LogP) is 1.80. The number of nitrogens with two attached hydrogens (primary N) is 1. The number of hydrogen-bond acceptors (Lipinski definition) is 3. The molecule has 1 heterocycles. The molecule has 17 heavy (non-hydrogen) atoms. The second-order valence-corrected chi connectivity index (χ2v) is 5.51. The van der Waals surface area contributed by atoms with Gasteiger partial charge in [0.15, 0.2) is 0 Å². The third-order valence-electron chi connectivity index (χ3n) is 3.91. The number of aromatic nitrogens is 2. The third kappa shape index (κ3) is 2.64. The van der Waals surface area contributed by atoms with Gasteiger partial charge < -0.3 is 0 Å². The largest absolute Gasteiger partial charge is 0.271 e. The standard InChI is InChI=1S/C12H21ClN4/c1-7(9-4-5-9)11(15-14)6-10-8(2)16-17(3)12(10)13/h7,9,11,15H,4-6,14H2,1-3H3. The highest BCUT2D eigenvalue weighted by Crippen LogP contribution is 2.39. The summed E-state index contributed by atoms with van der Waals surface area (Å²) in [6.45, 7) is 4.26. The number of hydrazine groups is 1. The van der Waals surface area contributed by atoms with Crippen molar-refractivity contribution >= 4 is 11.6 Å². The minimum absolute atomic E-state index is 0.280. The van der Waals surface area contributed by atoms with E-state index in [4.69, 9.17) is 17.4 Å². The quantitative estimate of drug-likeness (QED) is 0.624. The molecule has 1 fully saturated rings. The van der Waals surface area contributed by atoms with Crippen molar-refractivity contribution in [3.63, 3.8) is 0 Å². The van der Waals surface area contributed by atoms with E-state index < -0.39 is 0 Å². The van der Waals surface area contributed by atoms with E-state index in [2.05, 4.69) is 17.4 Å². The molecule has 3 N–H and O–H groups in total. The molecule has 1 aliphatic carbocycles. The van der Waals surface area contributed by atoms with Gasteiger partial charge in [0, 0.05) is 18.7 Å². The molecule has 2 rings (SSSR count). The summed E-state index contributed by atoms with van der Waals surface area (Å²) in [6.07, 6.45) is 3.52. The monoisotopic (exact) mass is 256 g/mol. The zero-order valence-electron chi connectivity index (χ0n) is 10.7. The first-order chi connectivity index (χ1) is 8.04. The SMILES string of the molecule is Cc1nn(C)c(Cl)c1CC(NN)C(C)C1CC1. The maximum Gasteiger partial charge on any atom is 0.130 e. The lowest BCUT2D eigenvalue weighted by Gasteiger charge is -2.23. The van der Waals surface area contributed by atoms with Gasteiger partial charge in [-0.3, -0.25) is 16.0 Å². The van der Waals surface area contributed by atoms with E-state index in [1.807, 2.05) is 14.0 Å². The second kappa shape index (κ2) is 4.96. The van der Waals surface area contributed by atoms with E-state index in [1.165, 1.54) is 12.8 Å². The van der Waals surface area contributed by atoms with Crippen LogP contribution in [-0.2, 0) is 13.5 Å². The Balaban J connectivity index is 2.11. The van der Waals surface area contributed by atoms with Crippen LogP contribution in [0.1, 0.15) is 31.0 Å². The van der Waals surface area contributed by atoms with Gasteiger partial charge in [-0.2, -0.15) is 5.10 Å². The summed E-state index contributed by atoms with van der Waals surface area (Å²) >= 11 is 6.25. The molecule has 1 aliphatic rings. The van der Waals surface area contributed by atoms with Crippen LogP contribution < -0.4 is 11.3 Å². The van der Waals surface area contributed by atoms with Gasteiger partial charge >= 0.3 is 0 Å². The number of aryl methyl sites for hydroxylation is 2. The highest BCUT2D eigenvalue weighted by molar-refractivity contribution is 6.30. The van der Waals surface area contributed by atoms with Crippen molar-refractivity contribution in [2.45, 2.75) is 39.2 Å². The van der Waals surface area contributed by atoms with Crippen LogP contribution in [0.4, 0.5) is 0 Å². The fourth-order valence-electron chi connectivity index (χ4n) is 2.47. The molecule has 0 radical (unpaired) electrons. The van der Waals surface area contributed by atoms with Gasteiger partial charge in [0.05, 0.1) is 5.69 Å². The van der Waals surface area contributed by atoms with Crippen LogP contribution in [0.2, 0.25) is 5.15 Å². The number of nitrogens with zero attached hydrogens (tertiary/aromatic N) is 2. The Morgan fingerprint density at radius 3 is 2.65 bits per heavy atom. The zero-order valence-corrected chi connectivity index (χ0v) is 11.5. The third-order valence-corrected chi connectivity index (χ3v) is 4.38. The van der Waals surface area contributed by atoms with E-state index in [1.54, 1.807) is 4.68 Å². The first-order valence-electron chi connectivity index (χ1n) is 6.18. The Morgan fingerprint density at radius 2 is 2.24 bits per heavy atom. The van der Waals surface area contributed by atoms with Crippen molar-refractivity contribution in [3.8, 4) is 0 Å². The van der Waals surface area contributed by atoms with Crippen molar-refractivity contribution in [1.82, 2.24) is 15.2 Å². The van der Waals surface area contributed by atoms with Crippen LogP contribution in [0.5, 0.6) is 0 Å². The fraction of sp³-hybridized carbons (Fsp3) is 0.750. The molecule has 0 aromatic carbocycles. The minimum Gasteiger partial charge on any atom is -0.271 e. The van der Waals surface area contributed by atoms with Gasteiger partial charge in [0.25, 0.3) is 0 Å². The molecular weight excluding hydrogens is 236 g/mol. The zero-order chi connectivity index (χ0) is 12.6. The first-order valence-corrected chi connectivity index (χ1v) is 6.56. The summed E-state index contributed by atoms with van der Waals surface area (Å²) in [6, 6.07) is 0.280. The van der Waals surface area contributed by atoms with Crippen LogP contribution in [-0.4, -0.2) is 15.8 Å². The molecular formula is C12H21ClN4. The lowest BCUT2D eigenvalue weighted by molar-refractivity contribution is 0.343. The molecule has 0 saturated heterocycles. The summed E-state index contributed by atoms with van der Waals surface area (Å²) in [5, 5.41) is 5.06. The number of hydrogen-bond donors (Lipinski definition) is 2. The van der Waals surface area contributed by atoms with E-state index in [9.17, 15) is 0 Å². The lowest BCUT2D eigenvalue weighted by atomic mass is 9.92. The molecule has 4 nitrogen and oxygen atoms in total. The molecule has 1 saturated carbocycles. The Hall–Kier alpha value is -0.580. The Labute approximate surface area is 107 Å². The Bertz CT molecular complexity index is 397. The average molecular weight is 257 g/mol. The van der Waals surface area contributed by atoms with Crippen molar-refractivity contribution in [3.05, 3.63) is 16.4 Å². The fourth-order valence-corrected chi connectivity index (χ4v) is 2.72. The molecule has 0 spiro atoms. The summed E-state index contributed by atoms with van der Waals surface area (Å²) in [5.74, 6) is 7.09. The van der Waals surface area contributed by atoms with Gasteiger partial charge in [-0.1, -0.05) is 18.5 Å². The second-order valence-electron chi connectivity index (χ2n) is 5.15. The Morgan fingerprint density at radius 1 is 1.59 bits per heavy atom. The van der Waals surface area contributed by atoms with Gasteiger partial charge in [-0.05, 0) is 38.0 Å². The van der Waals surface area contributed by atoms with E-state index in [0.717, 1.165) is 28.7 Å². The van der Waals surface area contributed by atoms with Crippen molar-refractivity contribution in [2.24, 2.45) is 24.7 Å². The van der Waals surface area contributed by atoms with E-state index in [-0.39, 0.29) is 6.04 Å². The van der Waals surface area contributed by atoms with E-state index in [0.29, 0.717) is 5.92 Å². The molecule has 0 bridgehead atoms. The molecule has 0 amide bonds. The summed E-state index contributed by atoms with van der Waals surface area (Å²) in [5.41, 5.74) is 5.06. The molecule has 96 valence electrons. The van der Waals surface area contributed by atoms with Gasteiger partial charge in [0.1, 0.15) is 5.15 Å². The minimum atomic E-state index is 0.280. The molecule has 1 aromatic heterocycles. The summed E-state index contributed by atoms with van der Waals surface area (Å²) in [4.78, 5) is 0. The Kier molecular flexibility index (Phi) is 3.76. The lowest BCUT2D eigenvalue weighted by Crippen LogP contribution is -2.42. The predicted molar refractivity (Wildman–Crippen MR) is 69.7 cm³/mol. The topological polar surface area (TPSA) is 55.9 Å². The van der Waals surface area contributed by atoms with Gasteiger partial charge in [-0.25, -0.2) is 0 Å². The maximum absolute atomic E-state index is 6.25. The first kappa shape index (κ1) is 12.9. The highest BCUT2D eigenvalue weighted by Gasteiger charge is 2.33. The molecule has 2 atom stereocenters. The smallest absolute Gasteiger partial charge is 0.130 e. The van der Waals surface area contributed by atoms with Crippen LogP contribution in [0, 0.1) is 18.8 Å². The normalized spacial score (nSPS) is 19.4. The number of nitrogens with one attached hydrogen (secondary N) is 1. The number of rotatable bonds is 5. The average Bonchev–Trinajstić information content (AvgIpc) is 3.09. The van der Waals surface area contributed by atoms with Crippen molar-refractivity contribution in [2.75, 3.05) is 0 Å². The van der Waals surface area contributed by atoms with Crippen molar-refractivity contribution < 1.29 is 0 Å². The van der Waals surface area contributed by atoms with Crippen LogP contribution in [0.15, 0.2) is 0 Å². The molecule has 2 unspecified atom stereocenters. The van der Waals surface area contributed by atoms with Gasteiger partial charge in [0.2, 0.25) is 0 Å². The van der Waals surface area contributed by atoms with Gasteiger partial charge in [-0.15, -0.1) is 0 Å². The van der Waals surface area contributed by atoms with Crippen LogP contribution >= 0.6 is 11.6 Å². The van der Waals surface area contributed by atoms with Crippen LogP contribution in [0.25, 0.3) is 0 Å². The van der Waals surface area contributed by atoms with Crippen molar-refractivity contribution in [1.29, 1.82) is 0 Å². The highest BCUT2D eigenvalue weighted by atomic mass is 35.5. The van der Waals surface area contributed by atoms with E-state index >= 15 is 0 Å². The molecule has 0 aliphatic heterocycles. The molecule has 1 aromatic rings. The number of halogens is 1. The summed E-state index contributed by atoms with van der Waals surface area (Å²) in [7, 11) is 1.87.